The van der Waals surface area contributed by atoms with Crippen LogP contribution in [0.2, 0.25) is 0 Å². The second-order valence-electron chi connectivity index (χ2n) is 10.3. The van der Waals surface area contributed by atoms with E-state index in [-0.39, 0.29) is 6.03 Å². The molecule has 0 saturated heterocycles. The monoisotopic (exact) mass is 522 g/mol. The maximum Gasteiger partial charge on any atom is 0.317 e. The van der Waals surface area contributed by atoms with Crippen molar-refractivity contribution in [3.8, 4) is 28.2 Å². The van der Waals surface area contributed by atoms with Crippen LogP contribution >= 0.6 is 0 Å². The number of hydrogen-bond acceptors (Lipinski definition) is 5. The highest BCUT2D eigenvalue weighted by molar-refractivity contribution is 5.94. The highest BCUT2D eigenvalue weighted by Gasteiger charge is 2.25. The summed E-state index contributed by atoms with van der Waals surface area (Å²) >= 11 is 0. The number of aromatic amines is 1. The van der Waals surface area contributed by atoms with E-state index >= 15 is 0 Å². The van der Waals surface area contributed by atoms with Crippen molar-refractivity contribution in [3.05, 3.63) is 78.0 Å². The van der Waals surface area contributed by atoms with E-state index in [0.29, 0.717) is 35.1 Å². The maximum atomic E-state index is 14.3. The van der Waals surface area contributed by atoms with Gasteiger partial charge in [-0.1, -0.05) is 30.2 Å². The molecule has 196 valence electrons. The lowest BCUT2D eigenvalue weighted by atomic mass is 9.99. The first kappa shape index (κ1) is 23.5. The van der Waals surface area contributed by atoms with Crippen LogP contribution in [0.25, 0.3) is 39.1 Å². The molecule has 1 fully saturated rings. The number of carbonyl (C=O) groups excluding carboxylic acids is 1. The molecule has 0 radical (unpaired) electrons. The van der Waals surface area contributed by atoms with Gasteiger partial charge in [0.25, 0.3) is 0 Å². The third-order valence-electron chi connectivity index (χ3n) is 7.81. The molecule has 9 nitrogen and oxygen atoms in total. The fraction of sp³-hybridized carbons (Fsp3) is 0.276. The Kier molecular flexibility index (Phi) is 5.79. The molecule has 2 N–H and O–H groups in total. The molecule has 0 spiro atoms. The number of pyridine rings is 1. The van der Waals surface area contributed by atoms with Crippen LogP contribution in [0.3, 0.4) is 0 Å². The van der Waals surface area contributed by atoms with Crippen molar-refractivity contribution in [2.75, 3.05) is 6.54 Å². The van der Waals surface area contributed by atoms with Gasteiger partial charge in [0.15, 0.2) is 0 Å². The molecule has 2 amide bonds. The molecular formula is C29H27FN8O. The summed E-state index contributed by atoms with van der Waals surface area (Å²) in [6, 6.07) is 15.6. The molecule has 0 bridgehead atoms. The summed E-state index contributed by atoms with van der Waals surface area (Å²) in [5, 5.41) is 20.3. The zero-order valence-corrected chi connectivity index (χ0v) is 21.3. The number of H-pyrrole nitrogens is 1. The SMILES string of the molecule is O=C(NC1CCCC1)N1CCc2ccc(-n3cc(-c4n[nH]c5ccc(-c6cccnc6F)cc45)nn3)cc2C1. The summed E-state index contributed by atoms with van der Waals surface area (Å²) in [6.07, 6.45) is 8.62. The third-order valence-corrected chi connectivity index (χ3v) is 7.81. The Balaban J connectivity index is 1.15. The first-order valence-corrected chi connectivity index (χ1v) is 13.3. The predicted molar refractivity (Wildman–Crippen MR) is 145 cm³/mol. The van der Waals surface area contributed by atoms with E-state index in [0.717, 1.165) is 48.0 Å². The average Bonchev–Trinajstić information content (AvgIpc) is 3.73. The van der Waals surface area contributed by atoms with E-state index in [9.17, 15) is 9.18 Å². The van der Waals surface area contributed by atoms with Crippen molar-refractivity contribution in [3.63, 3.8) is 0 Å². The molecule has 2 aliphatic rings. The van der Waals surface area contributed by atoms with Crippen LogP contribution in [-0.2, 0) is 13.0 Å². The Labute approximate surface area is 224 Å². The standard InChI is InChI=1S/C29H27FN8O/c30-28-23(6-3-12-31-28)19-8-10-25-24(15-19)27(35-33-25)26-17-38(36-34-26)22-9-7-18-11-13-37(16-20(18)14-22)29(39)32-21-4-1-2-5-21/h3,6-10,12,14-15,17,21H,1-2,4-5,11,13,16H2,(H,32,39)(H,33,35). The molecule has 3 aromatic heterocycles. The van der Waals surface area contributed by atoms with Crippen LogP contribution in [0.5, 0.6) is 0 Å². The molecule has 10 heteroatoms. The zero-order chi connectivity index (χ0) is 26.3. The normalized spacial score (nSPS) is 15.6. The van der Waals surface area contributed by atoms with Crippen molar-refractivity contribution in [2.45, 2.75) is 44.7 Å². The molecule has 4 heterocycles. The molecule has 1 aliphatic heterocycles. The van der Waals surface area contributed by atoms with E-state index < -0.39 is 5.95 Å². The summed E-state index contributed by atoms with van der Waals surface area (Å²) in [7, 11) is 0. The Bertz CT molecular complexity index is 1690. The van der Waals surface area contributed by atoms with Gasteiger partial charge in [0.2, 0.25) is 5.95 Å². The smallest absolute Gasteiger partial charge is 0.317 e. The van der Waals surface area contributed by atoms with Crippen molar-refractivity contribution in [1.82, 2.24) is 40.4 Å². The molecule has 0 atom stereocenters. The number of halogens is 1. The Morgan fingerprint density at radius 1 is 1.08 bits per heavy atom. The number of rotatable bonds is 4. The summed E-state index contributed by atoms with van der Waals surface area (Å²) in [5.41, 5.74) is 6.41. The minimum absolute atomic E-state index is 0.0249. The van der Waals surface area contributed by atoms with Crippen LogP contribution < -0.4 is 5.32 Å². The van der Waals surface area contributed by atoms with E-state index in [1.54, 1.807) is 16.8 Å². The van der Waals surface area contributed by atoms with E-state index in [1.165, 1.54) is 24.6 Å². The third kappa shape index (κ3) is 4.41. The van der Waals surface area contributed by atoms with Gasteiger partial charge >= 0.3 is 6.03 Å². The van der Waals surface area contributed by atoms with Crippen molar-refractivity contribution >= 4 is 16.9 Å². The van der Waals surface area contributed by atoms with Gasteiger partial charge in [0.05, 0.1) is 17.4 Å². The van der Waals surface area contributed by atoms with Crippen molar-refractivity contribution in [1.29, 1.82) is 0 Å². The van der Waals surface area contributed by atoms with Gasteiger partial charge in [-0.15, -0.1) is 5.10 Å². The first-order chi connectivity index (χ1) is 19.1. The van der Waals surface area contributed by atoms with Crippen LogP contribution in [0, 0.1) is 5.95 Å². The summed E-state index contributed by atoms with van der Waals surface area (Å²) in [5.74, 6) is -0.519. The van der Waals surface area contributed by atoms with Gasteiger partial charge in [-0.2, -0.15) is 9.49 Å². The minimum atomic E-state index is -0.519. The fourth-order valence-corrected chi connectivity index (χ4v) is 5.67. The molecule has 0 unspecified atom stereocenters. The second kappa shape index (κ2) is 9.61. The van der Waals surface area contributed by atoms with Crippen LogP contribution in [0.15, 0.2) is 60.9 Å². The number of amides is 2. The summed E-state index contributed by atoms with van der Waals surface area (Å²) < 4.78 is 16.0. The molecule has 1 saturated carbocycles. The number of nitrogens with one attached hydrogen (secondary N) is 2. The van der Waals surface area contributed by atoms with E-state index in [1.807, 2.05) is 35.4 Å². The summed E-state index contributed by atoms with van der Waals surface area (Å²) in [4.78, 5) is 18.5. The number of benzene rings is 2. The number of fused-ring (bicyclic) bond motifs is 2. The highest BCUT2D eigenvalue weighted by atomic mass is 19.1. The fourth-order valence-electron chi connectivity index (χ4n) is 5.67. The molecule has 1 aliphatic carbocycles. The van der Waals surface area contributed by atoms with Crippen LogP contribution in [-0.4, -0.2) is 53.7 Å². The van der Waals surface area contributed by atoms with Gasteiger partial charge in [-0.3, -0.25) is 5.10 Å². The topological polar surface area (TPSA) is 105 Å². The van der Waals surface area contributed by atoms with Gasteiger partial charge in [-0.05, 0) is 72.4 Å². The van der Waals surface area contributed by atoms with Gasteiger partial charge in [0, 0.05) is 36.3 Å². The lowest BCUT2D eigenvalue weighted by Crippen LogP contribution is -2.45. The van der Waals surface area contributed by atoms with Crippen LogP contribution in [0.4, 0.5) is 9.18 Å². The lowest BCUT2D eigenvalue weighted by molar-refractivity contribution is 0.188. The average molecular weight is 523 g/mol. The Morgan fingerprint density at radius 3 is 2.85 bits per heavy atom. The largest absolute Gasteiger partial charge is 0.335 e. The predicted octanol–water partition coefficient (Wildman–Crippen LogP) is 5.02. The van der Waals surface area contributed by atoms with Crippen molar-refractivity contribution < 1.29 is 9.18 Å². The number of hydrogen-bond donors (Lipinski definition) is 2. The van der Waals surface area contributed by atoms with Gasteiger partial charge in [-0.25, -0.2) is 14.5 Å². The molecule has 39 heavy (non-hydrogen) atoms. The summed E-state index contributed by atoms with van der Waals surface area (Å²) in [6.45, 7) is 1.29. The maximum absolute atomic E-state index is 14.3. The van der Waals surface area contributed by atoms with E-state index in [4.69, 9.17) is 0 Å². The second-order valence-corrected chi connectivity index (χ2v) is 10.3. The number of aromatic nitrogens is 6. The number of urea groups is 1. The molecule has 7 rings (SSSR count). The van der Waals surface area contributed by atoms with Crippen LogP contribution in [0.1, 0.15) is 36.8 Å². The van der Waals surface area contributed by atoms with Gasteiger partial charge < -0.3 is 10.2 Å². The lowest BCUT2D eigenvalue weighted by Gasteiger charge is -2.30. The zero-order valence-electron chi connectivity index (χ0n) is 21.3. The Hall–Kier alpha value is -4.60. The number of nitrogens with zero attached hydrogens (tertiary/aromatic N) is 6. The van der Waals surface area contributed by atoms with Crippen molar-refractivity contribution in [2.24, 2.45) is 0 Å². The molecule has 5 aromatic rings. The quantitative estimate of drug-likeness (QED) is 0.323. The molecule has 2 aromatic carbocycles. The Morgan fingerprint density at radius 2 is 1.97 bits per heavy atom. The highest BCUT2D eigenvalue weighted by Crippen LogP contribution is 2.31. The molecular weight excluding hydrogens is 495 g/mol. The minimum Gasteiger partial charge on any atom is -0.335 e. The number of carbonyl (C=O) groups is 1. The first-order valence-electron chi connectivity index (χ1n) is 13.3. The van der Waals surface area contributed by atoms with E-state index in [2.05, 4.69) is 42.9 Å². The van der Waals surface area contributed by atoms with Gasteiger partial charge in [0.1, 0.15) is 11.4 Å².